The maximum Gasteiger partial charge on any atom is 0.501 e. The van der Waals surface area contributed by atoms with E-state index in [4.69, 9.17) is 0 Å². The lowest BCUT2D eigenvalue weighted by molar-refractivity contribution is -0.116. The van der Waals surface area contributed by atoms with E-state index in [0.29, 0.717) is 6.42 Å². The van der Waals surface area contributed by atoms with E-state index in [2.05, 4.69) is 4.98 Å². The van der Waals surface area contributed by atoms with E-state index < -0.39 is 32.2 Å². The average molecular weight is 489 g/mol. The molecule has 4 rings (SSSR count). The van der Waals surface area contributed by atoms with Crippen molar-refractivity contribution in [1.82, 2.24) is 9.88 Å². The van der Waals surface area contributed by atoms with Gasteiger partial charge < -0.3 is 4.90 Å². The van der Waals surface area contributed by atoms with Gasteiger partial charge in [0.25, 0.3) is 15.7 Å². The Morgan fingerprint density at radius 2 is 1.59 bits per heavy atom. The number of urea groups is 1. The number of hydrogen-bond acceptors (Lipinski definition) is 5. The minimum Gasteiger partial charge on any atom is -0.310 e. The first-order valence-corrected chi connectivity index (χ1v) is 11.6. The highest BCUT2D eigenvalue weighted by atomic mass is 32.2. The van der Waals surface area contributed by atoms with Crippen molar-refractivity contribution in [2.24, 2.45) is 0 Å². The van der Waals surface area contributed by atoms with Gasteiger partial charge in [-0.05, 0) is 47.5 Å². The van der Waals surface area contributed by atoms with E-state index in [0.717, 1.165) is 46.0 Å². The molecule has 0 saturated carbocycles. The third kappa shape index (κ3) is 4.65. The monoisotopic (exact) mass is 489 g/mol. The van der Waals surface area contributed by atoms with Gasteiger partial charge in [-0.3, -0.25) is 9.78 Å². The predicted octanol–water partition coefficient (Wildman–Crippen LogP) is 3.93. The smallest absolute Gasteiger partial charge is 0.310 e. The normalized spacial score (nSPS) is 14.7. The number of benzene rings is 2. The molecule has 34 heavy (non-hydrogen) atoms. The SMILES string of the molecule is O=C1CN(Cc2ccnc(Cc3ccccc3)c2)C(=O)N1c1ccc(S(=O)(=O)C(F)(F)F)cc1. The van der Waals surface area contributed by atoms with E-state index in [9.17, 15) is 31.2 Å². The Kier molecular flexibility index (Phi) is 6.13. The van der Waals surface area contributed by atoms with E-state index in [1.54, 1.807) is 12.3 Å². The van der Waals surface area contributed by atoms with Crippen molar-refractivity contribution in [3.63, 3.8) is 0 Å². The fourth-order valence-corrected chi connectivity index (χ4v) is 4.35. The van der Waals surface area contributed by atoms with Gasteiger partial charge in [-0.25, -0.2) is 18.1 Å². The molecule has 176 valence electrons. The third-order valence-corrected chi connectivity index (χ3v) is 6.73. The predicted molar refractivity (Wildman–Crippen MR) is 116 cm³/mol. The number of alkyl halides is 3. The first-order valence-electron chi connectivity index (χ1n) is 10.1. The number of halogens is 3. The molecule has 0 spiro atoms. The Morgan fingerprint density at radius 1 is 0.912 bits per heavy atom. The van der Waals surface area contributed by atoms with E-state index in [-0.39, 0.29) is 18.8 Å². The molecule has 0 aliphatic carbocycles. The molecule has 1 saturated heterocycles. The molecule has 1 aliphatic heterocycles. The van der Waals surface area contributed by atoms with Crippen molar-refractivity contribution in [2.45, 2.75) is 23.4 Å². The second-order valence-electron chi connectivity index (χ2n) is 7.63. The number of imide groups is 1. The van der Waals surface area contributed by atoms with Crippen LogP contribution in [-0.4, -0.2) is 42.3 Å². The van der Waals surface area contributed by atoms with Gasteiger partial charge in [-0.15, -0.1) is 0 Å². The first-order chi connectivity index (χ1) is 16.1. The molecule has 0 unspecified atom stereocenters. The number of anilines is 1. The summed E-state index contributed by atoms with van der Waals surface area (Å²) in [6.07, 6.45) is 2.22. The number of sulfone groups is 1. The molecule has 0 atom stereocenters. The largest absolute Gasteiger partial charge is 0.501 e. The van der Waals surface area contributed by atoms with Crippen LogP contribution in [0, 0.1) is 0 Å². The highest BCUT2D eigenvalue weighted by Crippen LogP contribution is 2.32. The summed E-state index contributed by atoms with van der Waals surface area (Å²) in [7, 11) is -5.53. The van der Waals surface area contributed by atoms with Crippen LogP contribution in [0.25, 0.3) is 0 Å². The quantitative estimate of drug-likeness (QED) is 0.490. The van der Waals surface area contributed by atoms with Crippen molar-refractivity contribution in [3.8, 4) is 0 Å². The number of carbonyl (C=O) groups excluding carboxylic acids is 2. The maximum atomic E-state index is 12.9. The number of aromatic nitrogens is 1. The minimum absolute atomic E-state index is 0.0156. The molecule has 2 heterocycles. The van der Waals surface area contributed by atoms with E-state index >= 15 is 0 Å². The molecular formula is C23H18F3N3O4S. The topological polar surface area (TPSA) is 87.7 Å². The second-order valence-corrected chi connectivity index (χ2v) is 9.57. The fraction of sp³-hybridized carbons (Fsp3) is 0.174. The Hall–Kier alpha value is -3.73. The fourth-order valence-electron chi connectivity index (χ4n) is 3.58. The van der Waals surface area contributed by atoms with Crippen LogP contribution in [0.4, 0.5) is 23.7 Å². The van der Waals surface area contributed by atoms with Gasteiger partial charge in [0, 0.05) is 24.9 Å². The molecule has 0 N–H and O–H groups in total. The minimum atomic E-state index is -5.53. The van der Waals surface area contributed by atoms with Crippen LogP contribution < -0.4 is 4.90 Å². The van der Waals surface area contributed by atoms with Gasteiger partial charge >= 0.3 is 11.5 Å². The van der Waals surface area contributed by atoms with Gasteiger partial charge in [-0.1, -0.05) is 30.3 Å². The van der Waals surface area contributed by atoms with Gasteiger partial charge in [0.15, 0.2) is 0 Å². The average Bonchev–Trinajstić information content (AvgIpc) is 3.06. The Bertz CT molecular complexity index is 1330. The Balaban J connectivity index is 1.49. The Morgan fingerprint density at radius 3 is 2.24 bits per heavy atom. The molecule has 2 aromatic carbocycles. The standard InChI is InChI=1S/C23H18F3N3O4S/c24-23(25,26)34(32,33)20-8-6-19(7-9-20)29-21(30)15-28(22(29)31)14-17-10-11-27-18(13-17)12-16-4-2-1-3-5-16/h1-11,13H,12,14-15H2. The summed E-state index contributed by atoms with van der Waals surface area (Å²) in [4.78, 5) is 30.8. The number of nitrogens with zero attached hydrogens (tertiary/aromatic N) is 3. The van der Waals surface area contributed by atoms with Crippen molar-refractivity contribution >= 4 is 27.5 Å². The van der Waals surface area contributed by atoms with Crippen LogP contribution in [0.1, 0.15) is 16.8 Å². The lowest BCUT2D eigenvalue weighted by atomic mass is 10.1. The molecule has 1 aromatic heterocycles. The number of amides is 3. The van der Waals surface area contributed by atoms with Crippen LogP contribution in [0.3, 0.4) is 0 Å². The summed E-state index contributed by atoms with van der Waals surface area (Å²) in [6.45, 7) is -0.0936. The lowest BCUT2D eigenvalue weighted by Crippen LogP contribution is -2.32. The number of rotatable bonds is 6. The lowest BCUT2D eigenvalue weighted by Gasteiger charge is -2.18. The van der Waals surface area contributed by atoms with Gasteiger partial charge in [-0.2, -0.15) is 13.2 Å². The van der Waals surface area contributed by atoms with E-state index in [1.807, 2.05) is 36.4 Å². The highest BCUT2D eigenvalue weighted by Gasteiger charge is 2.47. The molecular weight excluding hydrogens is 471 g/mol. The van der Waals surface area contributed by atoms with Crippen molar-refractivity contribution in [3.05, 3.63) is 89.7 Å². The zero-order valence-corrected chi connectivity index (χ0v) is 18.4. The number of carbonyl (C=O) groups is 2. The van der Waals surface area contributed by atoms with Crippen LogP contribution in [-0.2, 0) is 27.6 Å². The molecule has 3 aromatic rings. The Labute approximate surface area is 193 Å². The summed E-state index contributed by atoms with van der Waals surface area (Å²) >= 11 is 0. The molecule has 7 nitrogen and oxygen atoms in total. The third-order valence-electron chi connectivity index (χ3n) is 5.23. The molecule has 11 heteroatoms. The molecule has 1 aliphatic rings. The maximum absolute atomic E-state index is 12.9. The molecule has 3 amide bonds. The summed E-state index contributed by atoms with van der Waals surface area (Å²) in [5.74, 6) is -0.574. The summed E-state index contributed by atoms with van der Waals surface area (Å²) < 4.78 is 61.3. The number of hydrogen-bond donors (Lipinski definition) is 0. The summed E-state index contributed by atoms with van der Waals surface area (Å²) in [6, 6.07) is 16.1. The second kappa shape index (κ2) is 8.90. The summed E-state index contributed by atoms with van der Waals surface area (Å²) in [5, 5.41) is 0. The van der Waals surface area contributed by atoms with Crippen LogP contribution in [0.2, 0.25) is 0 Å². The van der Waals surface area contributed by atoms with Gasteiger partial charge in [0.05, 0.1) is 10.6 Å². The van der Waals surface area contributed by atoms with Gasteiger partial charge in [0.2, 0.25) is 0 Å². The molecule has 1 fully saturated rings. The van der Waals surface area contributed by atoms with Crippen LogP contribution in [0.5, 0.6) is 0 Å². The van der Waals surface area contributed by atoms with Crippen molar-refractivity contribution in [1.29, 1.82) is 0 Å². The molecule has 0 radical (unpaired) electrons. The zero-order chi connectivity index (χ0) is 24.5. The van der Waals surface area contributed by atoms with Crippen molar-refractivity contribution < 1.29 is 31.2 Å². The van der Waals surface area contributed by atoms with E-state index in [1.165, 1.54) is 4.90 Å². The molecule has 0 bridgehead atoms. The van der Waals surface area contributed by atoms with Crippen LogP contribution >= 0.6 is 0 Å². The number of pyridine rings is 1. The van der Waals surface area contributed by atoms with Crippen molar-refractivity contribution in [2.75, 3.05) is 11.4 Å². The highest BCUT2D eigenvalue weighted by molar-refractivity contribution is 7.92. The van der Waals surface area contributed by atoms with Crippen LogP contribution in [0.15, 0.2) is 77.8 Å². The zero-order valence-electron chi connectivity index (χ0n) is 17.6. The van der Waals surface area contributed by atoms with Gasteiger partial charge in [0.1, 0.15) is 6.54 Å². The summed E-state index contributed by atoms with van der Waals surface area (Å²) in [5.41, 5.74) is -2.84. The first kappa shape index (κ1) is 23.4.